The Balaban J connectivity index is 2.33. The summed E-state index contributed by atoms with van der Waals surface area (Å²) in [6.45, 7) is 4.55. The molecular formula is C13H25NO2. The Hall–Kier alpha value is -0.570. The Kier molecular flexibility index (Phi) is 5.26. The molecule has 0 heterocycles. The number of hydrogen-bond donors (Lipinski definition) is 2. The minimum Gasteiger partial charge on any atom is -0.388 e. The van der Waals surface area contributed by atoms with Crippen LogP contribution in [0.25, 0.3) is 0 Å². The predicted octanol–water partition coefficient (Wildman–Crippen LogP) is 2.23. The lowest BCUT2D eigenvalue weighted by molar-refractivity contribution is -0.128. The first kappa shape index (κ1) is 13.5. The third-order valence-electron chi connectivity index (χ3n) is 3.50. The molecular weight excluding hydrogens is 202 g/mol. The fourth-order valence-electron chi connectivity index (χ4n) is 2.30. The van der Waals surface area contributed by atoms with Crippen molar-refractivity contribution in [3.05, 3.63) is 0 Å². The Bertz CT molecular complexity index is 218. The largest absolute Gasteiger partial charge is 0.388 e. The molecule has 94 valence electrons. The van der Waals surface area contributed by atoms with E-state index < -0.39 is 5.60 Å². The van der Waals surface area contributed by atoms with Gasteiger partial charge in [0.1, 0.15) is 0 Å². The van der Waals surface area contributed by atoms with Gasteiger partial charge in [0.25, 0.3) is 0 Å². The Morgan fingerprint density at radius 3 is 2.25 bits per heavy atom. The molecule has 0 radical (unpaired) electrons. The zero-order chi connectivity index (χ0) is 12.0. The summed E-state index contributed by atoms with van der Waals surface area (Å²) in [6, 6.07) is 0. The molecule has 0 aliphatic heterocycles. The zero-order valence-corrected chi connectivity index (χ0v) is 10.6. The van der Waals surface area contributed by atoms with E-state index in [1.165, 1.54) is 6.42 Å². The molecule has 2 N–H and O–H groups in total. The maximum absolute atomic E-state index is 11.7. The second-order valence-corrected chi connectivity index (χ2v) is 5.07. The average Bonchev–Trinajstić information content (AvgIpc) is 2.13. The quantitative estimate of drug-likeness (QED) is 0.700. The SMILES string of the molecule is CCCC(O)(CCC)CNC(=O)C1CCC1. The van der Waals surface area contributed by atoms with Gasteiger partial charge in [0.15, 0.2) is 0 Å². The van der Waals surface area contributed by atoms with E-state index in [9.17, 15) is 9.90 Å². The van der Waals surface area contributed by atoms with Crippen LogP contribution >= 0.6 is 0 Å². The van der Waals surface area contributed by atoms with Crippen LogP contribution in [-0.2, 0) is 4.79 Å². The highest BCUT2D eigenvalue weighted by molar-refractivity contribution is 5.79. The van der Waals surface area contributed by atoms with Gasteiger partial charge >= 0.3 is 0 Å². The maximum atomic E-state index is 11.7. The molecule has 0 atom stereocenters. The lowest BCUT2D eigenvalue weighted by Crippen LogP contribution is -2.45. The van der Waals surface area contributed by atoms with Crippen molar-refractivity contribution in [3.63, 3.8) is 0 Å². The molecule has 0 aromatic rings. The van der Waals surface area contributed by atoms with Crippen LogP contribution in [-0.4, -0.2) is 23.2 Å². The van der Waals surface area contributed by atoms with E-state index in [1.807, 2.05) is 0 Å². The fraction of sp³-hybridized carbons (Fsp3) is 0.923. The van der Waals surface area contributed by atoms with E-state index in [0.29, 0.717) is 6.54 Å². The molecule has 1 saturated carbocycles. The molecule has 1 rings (SSSR count). The van der Waals surface area contributed by atoms with Crippen molar-refractivity contribution in [2.45, 2.75) is 64.4 Å². The van der Waals surface area contributed by atoms with Gasteiger partial charge in [-0.3, -0.25) is 4.79 Å². The lowest BCUT2D eigenvalue weighted by atomic mass is 9.84. The van der Waals surface area contributed by atoms with Crippen molar-refractivity contribution in [2.75, 3.05) is 6.54 Å². The van der Waals surface area contributed by atoms with Crippen LogP contribution in [0.15, 0.2) is 0 Å². The zero-order valence-electron chi connectivity index (χ0n) is 10.6. The number of carbonyl (C=O) groups excluding carboxylic acids is 1. The monoisotopic (exact) mass is 227 g/mol. The summed E-state index contributed by atoms with van der Waals surface area (Å²) in [4.78, 5) is 11.7. The summed E-state index contributed by atoms with van der Waals surface area (Å²) in [7, 11) is 0. The summed E-state index contributed by atoms with van der Waals surface area (Å²) >= 11 is 0. The van der Waals surface area contributed by atoms with Gasteiger partial charge in [0.05, 0.1) is 5.60 Å². The average molecular weight is 227 g/mol. The number of nitrogens with one attached hydrogen (secondary N) is 1. The number of rotatable bonds is 7. The number of hydrogen-bond acceptors (Lipinski definition) is 2. The highest BCUT2D eigenvalue weighted by Crippen LogP contribution is 2.26. The Morgan fingerprint density at radius 1 is 1.31 bits per heavy atom. The first-order valence-electron chi connectivity index (χ1n) is 6.61. The van der Waals surface area contributed by atoms with Crippen molar-refractivity contribution in [1.29, 1.82) is 0 Å². The van der Waals surface area contributed by atoms with Gasteiger partial charge < -0.3 is 10.4 Å². The van der Waals surface area contributed by atoms with Crippen molar-refractivity contribution in [3.8, 4) is 0 Å². The normalized spacial score (nSPS) is 16.9. The van der Waals surface area contributed by atoms with E-state index in [-0.39, 0.29) is 11.8 Å². The topological polar surface area (TPSA) is 49.3 Å². The first-order valence-corrected chi connectivity index (χ1v) is 6.61. The smallest absolute Gasteiger partial charge is 0.223 e. The molecule has 0 spiro atoms. The van der Waals surface area contributed by atoms with Crippen LogP contribution in [0.2, 0.25) is 0 Å². The fourth-order valence-corrected chi connectivity index (χ4v) is 2.30. The van der Waals surface area contributed by atoms with E-state index in [0.717, 1.165) is 38.5 Å². The van der Waals surface area contributed by atoms with Crippen LogP contribution in [0.3, 0.4) is 0 Å². The summed E-state index contributed by atoms with van der Waals surface area (Å²) in [5.74, 6) is 0.351. The molecule has 0 aromatic carbocycles. The van der Waals surface area contributed by atoms with Gasteiger partial charge in [-0.05, 0) is 25.7 Å². The molecule has 0 bridgehead atoms. The van der Waals surface area contributed by atoms with Crippen molar-refractivity contribution < 1.29 is 9.90 Å². The van der Waals surface area contributed by atoms with Crippen LogP contribution < -0.4 is 5.32 Å². The Labute approximate surface area is 98.6 Å². The van der Waals surface area contributed by atoms with E-state index >= 15 is 0 Å². The molecule has 0 saturated heterocycles. The van der Waals surface area contributed by atoms with Crippen LogP contribution in [0.4, 0.5) is 0 Å². The summed E-state index contributed by atoms with van der Waals surface area (Å²) in [5, 5.41) is 13.2. The van der Waals surface area contributed by atoms with E-state index in [2.05, 4.69) is 19.2 Å². The summed E-state index contributed by atoms with van der Waals surface area (Å²) in [5.41, 5.74) is -0.692. The second-order valence-electron chi connectivity index (χ2n) is 5.07. The standard InChI is InChI=1S/C13H25NO2/c1-3-8-13(16,9-4-2)10-14-12(15)11-6-5-7-11/h11,16H,3-10H2,1-2H3,(H,14,15). The van der Waals surface area contributed by atoms with E-state index in [4.69, 9.17) is 0 Å². The van der Waals surface area contributed by atoms with Crippen LogP contribution in [0.1, 0.15) is 58.8 Å². The summed E-state index contributed by atoms with van der Waals surface area (Å²) in [6.07, 6.45) is 6.66. The molecule has 1 amide bonds. The van der Waals surface area contributed by atoms with Gasteiger partial charge in [-0.25, -0.2) is 0 Å². The number of amides is 1. The van der Waals surface area contributed by atoms with Crippen molar-refractivity contribution in [2.24, 2.45) is 5.92 Å². The molecule has 16 heavy (non-hydrogen) atoms. The molecule has 1 aliphatic carbocycles. The first-order chi connectivity index (χ1) is 7.61. The molecule has 3 heteroatoms. The number of carbonyl (C=O) groups is 1. The maximum Gasteiger partial charge on any atom is 0.223 e. The van der Waals surface area contributed by atoms with Gasteiger partial charge in [-0.15, -0.1) is 0 Å². The van der Waals surface area contributed by atoms with Gasteiger partial charge in [0.2, 0.25) is 5.91 Å². The second kappa shape index (κ2) is 6.24. The molecule has 1 aliphatic rings. The van der Waals surface area contributed by atoms with Crippen LogP contribution in [0, 0.1) is 5.92 Å². The predicted molar refractivity (Wildman–Crippen MR) is 65.1 cm³/mol. The van der Waals surface area contributed by atoms with E-state index in [1.54, 1.807) is 0 Å². The minimum atomic E-state index is -0.692. The third kappa shape index (κ3) is 3.78. The van der Waals surface area contributed by atoms with Crippen molar-refractivity contribution in [1.82, 2.24) is 5.32 Å². The highest BCUT2D eigenvalue weighted by atomic mass is 16.3. The van der Waals surface area contributed by atoms with Crippen LogP contribution in [0.5, 0.6) is 0 Å². The van der Waals surface area contributed by atoms with Crippen molar-refractivity contribution >= 4 is 5.91 Å². The minimum absolute atomic E-state index is 0.136. The van der Waals surface area contributed by atoms with Gasteiger partial charge in [-0.1, -0.05) is 33.1 Å². The highest BCUT2D eigenvalue weighted by Gasteiger charge is 2.29. The molecule has 3 nitrogen and oxygen atoms in total. The molecule has 0 unspecified atom stereocenters. The van der Waals surface area contributed by atoms with Gasteiger partial charge in [0, 0.05) is 12.5 Å². The third-order valence-corrected chi connectivity index (χ3v) is 3.50. The molecule has 1 fully saturated rings. The Morgan fingerprint density at radius 2 is 1.88 bits per heavy atom. The summed E-state index contributed by atoms with van der Waals surface area (Å²) < 4.78 is 0. The number of aliphatic hydroxyl groups is 1. The van der Waals surface area contributed by atoms with Gasteiger partial charge in [-0.2, -0.15) is 0 Å². The lowest BCUT2D eigenvalue weighted by Gasteiger charge is -2.30. The molecule has 0 aromatic heterocycles.